The van der Waals surface area contributed by atoms with E-state index in [-0.39, 0.29) is 30.2 Å². The van der Waals surface area contributed by atoms with Crippen LogP contribution in [0.5, 0.6) is 0 Å². The van der Waals surface area contributed by atoms with E-state index in [0.717, 1.165) is 12.8 Å². The number of rotatable bonds is 6. The molecule has 0 atom stereocenters. The van der Waals surface area contributed by atoms with Crippen molar-refractivity contribution in [3.8, 4) is 44.5 Å². The average molecular weight is 811 g/mol. The molecular formula is C48H44Cl2SiZr-2. The van der Waals surface area contributed by atoms with Crippen molar-refractivity contribution in [1.82, 2.24) is 0 Å². The molecule has 0 aliphatic carbocycles. The number of hydrogen-bond donors (Lipinski definition) is 0. The summed E-state index contributed by atoms with van der Waals surface area (Å²) in [7, 11) is 0. The quantitative estimate of drug-likeness (QED) is 0.119. The monoisotopic (exact) mass is 808 g/mol. The topological polar surface area (TPSA) is 0 Å². The molecule has 8 rings (SSSR count). The molecule has 52 heavy (non-hydrogen) atoms. The molecule has 8 aromatic carbocycles. The first-order chi connectivity index (χ1) is 24.5. The molecule has 0 saturated heterocycles. The number of aryl methyl sites for hydroxylation is 2. The van der Waals surface area contributed by atoms with E-state index in [1.807, 2.05) is 0 Å². The number of fused-ring (bicyclic) bond motifs is 2. The first kappa shape index (κ1) is 41.0. The van der Waals surface area contributed by atoms with Crippen LogP contribution in [0, 0.1) is 0 Å². The molecule has 0 radical (unpaired) electrons. The Hall–Kier alpha value is -3.78. The van der Waals surface area contributed by atoms with Crippen LogP contribution < -0.4 is 24.8 Å². The van der Waals surface area contributed by atoms with Gasteiger partial charge >= 0.3 is 41.9 Å². The molecule has 260 valence electrons. The molecular weight excluding hydrogens is 767 g/mol. The summed E-state index contributed by atoms with van der Waals surface area (Å²) in [5.41, 5.74) is 13.4. The van der Waals surface area contributed by atoms with E-state index in [2.05, 4.69) is 197 Å². The van der Waals surface area contributed by atoms with Gasteiger partial charge in [-0.3, -0.25) is 0 Å². The van der Waals surface area contributed by atoms with Crippen LogP contribution in [-0.2, 0) is 36.2 Å². The normalized spacial score (nSPS) is 10.3. The van der Waals surface area contributed by atoms with E-state index >= 15 is 0 Å². The van der Waals surface area contributed by atoms with Crippen LogP contribution in [0.1, 0.15) is 25.0 Å². The smallest absolute Gasteiger partial charge is 1.00 e. The van der Waals surface area contributed by atoms with Crippen LogP contribution in [0.25, 0.3) is 66.1 Å². The Balaban J connectivity index is 0.000000204. The number of benzene rings is 6. The van der Waals surface area contributed by atoms with Gasteiger partial charge < -0.3 is 24.8 Å². The molecule has 0 nitrogen and oxygen atoms in total. The maximum Gasteiger partial charge on any atom is -1.00 e. The Kier molecular flexibility index (Phi) is 15.7. The van der Waals surface area contributed by atoms with Crippen LogP contribution in [0.3, 0.4) is 0 Å². The summed E-state index contributed by atoms with van der Waals surface area (Å²) >= 11 is 1.74. The van der Waals surface area contributed by atoms with Gasteiger partial charge in [-0.15, -0.1) is 44.8 Å². The minimum absolute atomic E-state index is 0. The van der Waals surface area contributed by atoms with Crippen LogP contribution >= 0.6 is 0 Å². The average Bonchev–Trinajstić information content (AvgIpc) is 3.81. The largest absolute Gasteiger partial charge is 1.00 e. The second-order valence-corrected chi connectivity index (χ2v) is 22.2. The molecule has 0 spiro atoms. The second kappa shape index (κ2) is 19.9. The van der Waals surface area contributed by atoms with Crippen molar-refractivity contribution in [3.05, 3.63) is 181 Å². The fourth-order valence-corrected chi connectivity index (χ4v) is 6.61. The minimum Gasteiger partial charge on any atom is -1.00 e. The van der Waals surface area contributed by atoms with E-state index in [1.54, 1.807) is 23.3 Å². The Morgan fingerprint density at radius 1 is 0.423 bits per heavy atom. The standard InChI is InChI=1S/2C23H19.C2H6Si.2ClH.Zr/c2*1-2-17-15-22-20(18-9-5-3-6-10-18)13-14-21(23(22)16-17)19-11-7-4-8-12-19;1-3-2;;;/h2*3-16H,2H2,1H3;1-2H3;2*1H;/q2*-1;;;;+2/p-2. The van der Waals surface area contributed by atoms with Gasteiger partial charge in [0.2, 0.25) is 0 Å². The van der Waals surface area contributed by atoms with Crippen molar-refractivity contribution < 1.29 is 48.1 Å². The molecule has 0 heterocycles. The Morgan fingerprint density at radius 3 is 0.942 bits per heavy atom. The molecule has 0 aliphatic rings. The van der Waals surface area contributed by atoms with Gasteiger partial charge in [0, 0.05) is 0 Å². The van der Waals surface area contributed by atoms with Crippen LogP contribution in [-0.4, -0.2) is 5.43 Å². The molecule has 0 N–H and O–H groups in total. The van der Waals surface area contributed by atoms with Gasteiger partial charge in [0.1, 0.15) is 0 Å². The molecule has 0 bridgehead atoms. The van der Waals surface area contributed by atoms with Crippen molar-refractivity contribution in [1.29, 1.82) is 0 Å². The van der Waals surface area contributed by atoms with Crippen molar-refractivity contribution in [2.24, 2.45) is 0 Å². The zero-order valence-corrected chi connectivity index (χ0v) is 35.3. The van der Waals surface area contributed by atoms with E-state index in [9.17, 15) is 0 Å². The Bertz CT molecular complexity index is 1990. The van der Waals surface area contributed by atoms with Gasteiger partial charge in [0.15, 0.2) is 0 Å². The molecule has 0 unspecified atom stereocenters. The summed E-state index contributed by atoms with van der Waals surface area (Å²) in [5.74, 6) is 0. The SMILES string of the molecule is CCc1cc2c(-c3ccccc3)ccc(-c3ccccc3)c2[cH-]1.CCc1cc2c(-c3ccccc3)ccc(-c3ccccc3)c2[cH-]1.C[Si](C)=[Zr+2].[Cl-].[Cl-]. The molecule has 4 heteroatoms. The van der Waals surface area contributed by atoms with Crippen molar-refractivity contribution >= 4 is 27.0 Å². The zero-order valence-electron chi connectivity index (χ0n) is 30.3. The summed E-state index contributed by atoms with van der Waals surface area (Å²) in [5, 5.41) is 5.42. The fourth-order valence-electron chi connectivity index (χ4n) is 6.61. The van der Waals surface area contributed by atoms with Crippen molar-refractivity contribution in [2.45, 2.75) is 39.8 Å². The molecule has 0 aliphatic heterocycles. The molecule has 8 aromatic rings. The molecule has 0 amide bonds. The van der Waals surface area contributed by atoms with E-state index < -0.39 is 0 Å². The fraction of sp³-hybridized carbons (Fsp3) is 0.125. The van der Waals surface area contributed by atoms with Gasteiger partial charge in [-0.05, 0) is 24.0 Å². The minimum atomic E-state index is 0. The summed E-state index contributed by atoms with van der Waals surface area (Å²) in [4.78, 5) is 0. The van der Waals surface area contributed by atoms with Crippen LogP contribution in [0.15, 0.2) is 170 Å². The Morgan fingerprint density at radius 2 is 0.673 bits per heavy atom. The third-order valence-corrected chi connectivity index (χ3v) is 9.05. The maximum atomic E-state index is 2.35. The maximum absolute atomic E-state index is 2.35. The van der Waals surface area contributed by atoms with E-state index in [4.69, 9.17) is 0 Å². The zero-order chi connectivity index (χ0) is 34.9. The molecule has 0 aromatic heterocycles. The molecule has 0 fully saturated rings. The van der Waals surface area contributed by atoms with Gasteiger partial charge in [-0.2, -0.15) is 12.1 Å². The predicted molar refractivity (Wildman–Crippen MR) is 217 cm³/mol. The van der Waals surface area contributed by atoms with E-state index in [1.165, 1.54) is 77.2 Å². The summed E-state index contributed by atoms with van der Waals surface area (Å²) in [6, 6.07) is 61.1. The van der Waals surface area contributed by atoms with Gasteiger partial charge in [0.25, 0.3) is 0 Å². The van der Waals surface area contributed by atoms with Gasteiger partial charge in [-0.25, -0.2) is 0 Å². The first-order valence-corrected chi connectivity index (χ1v) is 23.8. The third-order valence-electron chi connectivity index (χ3n) is 9.05. The number of halogens is 2. The van der Waals surface area contributed by atoms with Crippen molar-refractivity contribution in [3.63, 3.8) is 0 Å². The van der Waals surface area contributed by atoms with Gasteiger partial charge in [-0.1, -0.05) is 193 Å². The Labute approximate surface area is 337 Å². The predicted octanol–water partition coefficient (Wildman–Crippen LogP) is 7.70. The summed E-state index contributed by atoms with van der Waals surface area (Å²) in [6.07, 6.45) is 2.13. The molecule has 0 saturated carbocycles. The van der Waals surface area contributed by atoms with E-state index in [0.29, 0.717) is 0 Å². The second-order valence-electron chi connectivity index (χ2n) is 12.9. The third kappa shape index (κ3) is 9.80. The van der Waals surface area contributed by atoms with Crippen LogP contribution in [0.4, 0.5) is 0 Å². The van der Waals surface area contributed by atoms with Gasteiger partial charge in [0.05, 0.1) is 0 Å². The summed E-state index contributed by atoms with van der Waals surface area (Å²) in [6.45, 7) is 9.06. The van der Waals surface area contributed by atoms with Crippen molar-refractivity contribution in [2.75, 3.05) is 0 Å². The van der Waals surface area contributed by atoms with Crippen LogP contribution in [0.2, 0.25) is 13.1 Å². The summed E-state index contributed by atoms with van der Waals surface area (Å²) < 4.78 is 0. The number of hydrogen-bond acceptors (Lipinski definition) is 0. The first-order valence-electron chi connectivity index (χ1n) is 17.6.